The molecule has 4 aromatic rings. The maximum atomic E-state index is 13.1. The summed E-state index contributed by atoms with van der Waals surface area (Å²) >= 11 is 0. The van der Waals surface area contributed by atoms with Crippen molar-refractivity contribution in [1.82, 2.24) is 4.90 Å². The Labute approximate surface area is 232 Å². The maximum Gasteiger partial charge on any atom is 0.253 e. The molecule has 40 heavy (non-hydrogen) atoms. The number of hydrogen-bond donors (Lipinski definition) is 2. The zero-order chi connectivity index (χ0) is 28.1. The van der Waals surface area contributed by atoms with Gasteiger partial charge in [-0.2, -0.15) is 0 Å². The molecule has 3 aromatic carbocycles. The van der Waals surface area contributed by atoms with Crippen LogP contribution in [0.4, 0.5) is 11.4 Å². The van der Waals surface area contributed by atoms with Gasteiger partial charge in [-0.1, -0.05) is 30.3 Å². The van der Waals surface area contributed by atoms with Crippen molar-refractivity contribution in [1.29, 1.82) is 0 Å². The molecule has 1 saturated heterocycles. The molecule has 3 amide bonds. The second kappa shape index (κ2) is 11.9. The number of methoxy groups -OCH3 is 1. The highest BCUT2D eigenvalue weighted by Gasteiger charge is 2.25. The number of para-hydroxylation sites is 1. The molecule has 0 aliphatic carbocycles. The lowest BCUT2D eigenvalue weighted by Gasteiger charge is -2.32. The van der Waals surface area contributed by atoms with E-state index in [4.69, 9.17) is 9.15 Å². The van der Waals surface area contributed by atoms with Crippen LogP contribution in [0.3, 0.4) is 0 Å². The van der Waals surface area contributed by atoms with E-state index in [0.717, 1.165) is 23.8 Å². The summed E-state index contributed by atoms with van der Waals surface area (Å²) in [5, 5.41) is 6.59. The molecule has 8 heteroatoms. The first-order chi connectivity index (χ1) is 19.4. The first-order valence-electron chi connectivity index (χ1n) is 13.2. The number of rotatable bonds is 7. The SMILES string of the molecule is COc1ccc(C(=O)N2CCC(c3ccc(NC(=O)/C=C/c4cc5ccccc5o4)cc3)CC2)cc1NC(C)=O. The van der Waals surface area contributed by atoms with E-state index in [1.807, 2.05) is 59.5 Å². The number of hydrogen-bond acceptors (Lipinski definition) is 5. The number of carbonyl (C=O) groups excluding carboxylic acids is 3. The number of furan rings is 1. The number of benzene rings is 3. The average molecular weight is 538 g/mol. The lowest BCUT2D eigenvalue weighted by Crippen LogP contribution is -2.38. The molecule has 0 atom stereocenters. The van der Waals surface area contributed by atoms with Crippen LogP contribution in [0, 0.1) is 0 Å². The lowest BCUT2D eigenvalue weighted by molar-refractivity contribution is -0.114. The molecule has 0 saturated carbocycles. The van der Waals surface area contributed by atoms with Crippen molar-refractivity contribution in [3.8, 4) is 5.75 Å². The van der Waals surface area contributed by atoms with E-state index in [0.29, 0.717) is 47.5 Å². The topological polar surface area (TPSA) is 101 Å². The van der Waals surface area contributed by atoms with E-state index >= 15 is 0 Å². The van der Waals surface area contributed by atoms with Gasteiger partial charge < -0.3 is 24.7 Å². The molecular weight excluding hydrogens is 506 g/mol. The maximum absolute atomic E-state index is 13.1. The van der Waals surface area contributed by atoms with Crippen LogP contribution < -0.4 is 15.4 Å². The third kappa shape index (κ3) is 6.23. The highest BCUT2D eigenvalue weighted by atomic mass is 16.5. The Balaban J connectivity index is 1.14. The van der Waals surface area contributed by atoms with Crippen molar-refractivity contribution in [2.75, 3.05) is 30.8 Å². The number of anilines is 2. The van der Waals surface area contributed by atoms with Gasteiger partial charge >= 0.3 is 0 Å². The Morgan fingerprint density at radius 1 is 0.950 bits per heavy atom. The van der Waals surface area contributed by atoms with Gasteiger partial charge in [-0.15, -0.1) is 0 Å². The fourth-order valence-electron chi connectivity index (χ4n) is 4.99. The van der Waals surface area contributed by atoms with Crippen LogP contribution in [0.25, 0.3) is 17.0 Å². The number of fused-ring (bicyclic) bond motifs is 1. The van der Waals surface area contributed by atoms with Crippen LogP contribution in [-0.4, -0.2) is 42.8 Å². The highest BCUT2D eigenvalue weighted by molar-refractivity contribution is 6.02. The largest absolute Gasteiger partial charge is 0.495 e. The Bertz CT molecular complexity index is 1530. The summed E-state index contributed by atoms with van der Waals surface area (Å²) < 4.78 is 11.0. The van der Waals surface area contributed by atoms with Gasteiger partial charge in [-0.3, -0.25) is 14.4 Å². The molecule has 0 radical (unpaired) electrons. The molecule has 1 fully saturated rings. The van der Waals surface area contributed by atoms with E-state index in [2.05, 4.69) is 10.6 Å². The molecule has 5 rings (SSSR count). The van der Waals surface area contributed by atoms with E-state index in [9.17, 15) is 14.4 Å². The number of nitrogens with zero attached hydrogens (tertiary/aromatic N) is 1. The van der Waals surface area contributed by atoms with Crippen LogP contribution in [0.15, 0.2) is 83.3 Å². The molecule has 1 aromatic heterocycles. The van der Waals surface area contributed by atoms with E-state index in [1.54, 1.807) is 24.3 Å². The van der Waals surface area contributed by atoms with Crippen LogP contribution in [0.5, 0.6) is 5.75 Å². The molecule has 8 nitrogen and oxygen atoms in total. The van der Waals surface area contributed by atoms with Gasteiger partial charge in [0.1, 0.15) is 17.1 Å². The van der Waals surface area contributed by atoms with Gasteiger partial charge in [-0.05, 0) is 72.9 Å². The van der Waals surface area contributed by atoms with Gasteiger partial charge in [0.05, 0.1) is 12.8 Å². The first-order valence-corrected chi connectivity index (χ1v) is 13.2. The van der Waals surface area contributed by atoms with Crippen LogP contribution in [0.2, 0.25) is 0 Å². The smallest absolute Gasteiger partial charge is 0.253 e. The van der Waals surface area contributed by atoms with Crippen molar-refractivity contribution in [2.24, 2.45) is 0 Å². The summed E-state index contributed by atoms with van der Waals surface area (Å²) in [5.41, 5.74) is 3.67. The average Bonchev–Trinajstić information content (AvgIpc) is 3.39. The van der Waals surface area contributed by atoms with Gasteiger partial charge in [0.15, 0.2) is 0 Å². The zero-order valence-electron chi connectivity index (χ0n) is 22.5. The Morgan fingerprint density at radius 3 is 2.40 bits per heavy atom. The molecule has 2 N–H and O–H groups in total. The van der Waals surface area contributed by atoms with Crippen LogP contribution >= 0.6 is 0 Å². The minimum absolute atomic E-state index is 0.0681. The van der Waals surface area contributed by atoms with Crippen molar-refractivity contribution in [3.05, 3.63) is 95.8 Å². The predicted molar refractivity (Wildman–Crippen MR) is 155 cm³/mol. The molecule has 0 bridgehead atoms. The zero-order valence-corrected chi connectivity index (χ0v) is 22.5. The van der Waals surface area contributed by atoms with Gasteiger partial charge in [0, 0.05) is 42.7 Å². The first kappa shape index (κ1) is 26.7. The second-order valence-corrected chi connectivity index (χ2v) is 9.79. The minimum Gasteiger partial charge on any atom is -0.495 e. The minimum atomic E-state index is -0.236. The van der Waals surface area contributed by atoms with E-state index in [1.165, 1.54) is 25.7 Å². The summed E-state index contributed by atoms with van der Waals surface area (Å²) in [6.45, 7) is 2.69. The fraction of sp³-hybridized carbons (Fsp3) is 0.219. The number of likely N-dealkylation sites (tertiary alicyclic amines) is 1. The van der Waals surface area contributed by atoms with Gasteiger partial charge in [0.2, 0.25) is 11.8 Å². The van der Waals surface area contributed by atoms with Crippen molar-refractivity contribution in [3.63, 3.8) is 0 Å². The summed E-state index contributed by atoms with van der Waals surface area (Å²) in [7, 11) is 1.52. The lowest BCUT2D eigenvalue weighted by atomic mass is 9.89. The van der Waals surface area contributed by atoms with Crippen LogP contribution in [0.1, 0.15) is 47.4 Å². The summed E-state index contributed by atoms with van der Waals surface area (Å²) in [4.78, 5) is 38.9. The summed E-state index contributed by atoms with van der Waals surface area (Å²) in [6, 6.07) is 22.5. The van der Waals surface area contributed by atoms with Gasteiger partial charge in [-0.25, -0.2) is 0 Å². The Morgan fingerprint density at radius 2 is 1.70 bits per heavy atom. The third-order valence-electron chi connectivity index (χ3n) is 7.03. The molecule has 1 aliphatic rings. The number of nitrogens with one attached hydrogen (secondary N) is 2. The molecule has 1 aliphatic heterocycles. The predicted octanol–water partition coefficient (Wildman–Crippen LogP) is 6.07. The Kier molecular flexibility index (Phi) is 7.96. The highest BCUT2D eigenvalue weighted by Crippen LogP contribution is 2.31. The molecule has 0 spiro atoms. The molecule has 0 unspecified atom stereocenters. The number of amides is 3. The van der Waals surface area contributed by atoms with Crippen molar-refractivity contribution < 1.29 is 23.5 Å². The number of ether oxygens (including phenoxy) is 1. The number of carbonyl (C=O) groups is 3. The summed E-state index contributed by atoms with van der Waals surface area (Å²) in [6.07, 6.45) is 4.80. The van der Waals surface area contributed by atoms with Crippen LogP contribution in [-0.2, 0) is 9.59 Å². The van der Waals surface area contributed by atoms with Crippen molar-refractivity contribution in [2.45, 2.75) is 25.7 Å². The van der Waals surface area contributed by atoms with E-state index in [-0.39, 0.29) is 17.7 Å². The number of piperidine rings is 1. The van der Waals surface area contributed by atoms with Crippen molar-refractivity contribution >= 4 is 46.1 Å². The second-order valence-electron chi connectivity index (χ2n) is 9.79. The molecule has 204 valence electrons. The normalized spacial score (nSPS) is 13.9. The molecule has 2 heterocycles. The third-order valence-corrected chi connectivity index (χ3v) is 7.03. The van der Waals surface area contributed by atoms with E-state index < -0.39 is 0 Å². The van der Waals surface area contributed by atoms with Gasteiger partial charge in [0.25, 0.3) is 5.91 Å². The quantitative estimate of drug-likeness (QED) is 0.279. The fourth-order valence-corrected chi connectivity index (χ4v) is 4.99. The monoisotopic (exact) mass is 537 g/mol. The standard InChI is InChI=1S/C32H31N3O5/c1-21(36)33-28-20-25(9-13-30(28)39-2)32(38)35-17-15-23(16-18-35)22-7-10-26(11-8-22)34-31(37)14-12-27-19-24-5-3-4-6-29(24)40-27/h3-14,19-20,23H,15-18H2,1-2H3,(H,33,36)(H,34,37)/b14-12+. The Hall–Kier alpha value is -4.85. The summed E-state index contributed by atoms with van der Waals surface area (Å²) in [5.74, 6) is 0.923. The molecular formula is C32H31N3O5.